The molecule has 5 rings (SSSR count). The average Bonchev–Trinajstić information content (AvgIpc) is 3.43. The molecular weight excluding hydrogens is 438 g/mol. The van der Waals surface area contributed by atoms with E-state index in [2.05, 4.69) is 0 Å². The highest BCUT2D eigenvalue weighted by molar-refractivity contribution is 6.62. The van der Waals surface area contributed by atoms with Gasteiger partial charge in [-0.3, -0.25) is 4.79 Å². The van der Waals surface area contributed by atoms with E-state index >= 15 is 4.39 Å². The number of halogens is 1. The van der Waals surface area contributed by atoms with E-state index in [4.69, 9.17) is 23.2 Å². The van der Waals surface area contributed by atoms with Crippen molar-refractivity contribution >= 4 is 29.5 Å². The fourth-order valence-electron chi connectivity index (χ4n) is 4.67. The molecule has 0 saturated carbocycles. The van der Waals surface area contributed by atoms with Crippen molar-refractivity contribution in [1.29, 1.82) is 0 Å². The summed E-state index contributed by atoms with van der Waals surface area (Å²) in [5.41, 5.74) is 2.70. The second kappa shape index (κ2) is 8.13. The lowest BCUT2D eigenvalue weighted by molar-refractivity contribution is -0.139. The van der Waals surface area contributed by atoms with Gasteiger partial charge in [-0.25, -0.2) is 4.39 Å². The van der Waals surface area contributed by atoms with E-state index in [1.165, 1.54) is 13.2 Å². The van der Waals surface area contributed by atoms with Crippen LogP contribution in [-0.4, -0.2) is 31.4 Å². The Morgan fingerprint density at radius 1 is 1.15 bits per heavy atom. The quantitative estimate of drug-likeness (QED) is 0.403. The maximum atomic E-state index is 15.0. The average molecular weight is 466 g/mol. The van der Waals surface area contributed by atoms with Gasteiger partial charge in [0, 0.05) is 22.6 Å². The van der Waals surface area contributed by atoms with Crippen LogP contribution in [-0.2, 0) is 31.7 Å². The molecular formula is C26H28BFO6. The van der Waals surface area contributed by atoms with Crippen molar-refractivity contribution in [3.63, 3.8) is 0 Å². The number of hydrogen-bond donors (Lipinski definition) is 0. The molecule has 6 nitrogen and oxygen atoms in total. The van der Waals surface area contributed by atoms with Gasteiger partial charge in [-0.1, -0.05) is 6.07 Å². The van der Waals surface area contributed by atoms with Gasteiger partial charge in [0.2, 0.25) is 0 Å². The summed E-state index contributed by atoms with van der Waals surface area (Å²) >= 11 is 0. The Morgan fingerprint density at radius 2 is 1.88 bits per heavy atom. The van der Waals surface area contributed by atoms with E-state index < -0.39 is 24.4 Å². The summed E-state index contributed by atoms with van der Waals surface area (Å²) in [6, 6.07) is 8.66. The number of carbonyl (C=O) groups is 1. The Morgan fingerprint density at radius 3 is 2.59 bits per heavy atom. The monoisotopic (exact) mass is 466 g/mol. The Bertz CT molecular complexity index is 1250. The molecule has 0 radical (unpaired) electrons. The van der Waals surface area contributed by atoms with Gasteiger partial charge in [-0.05, 0) is 69.8 Å². The molecule has 8 heteroatoms. The zero-order valence-corrected chi connectivity index (χ0v) is 20.1. The number of furan rings is 1. The van der Waals surface area contributed by atoms with Crippen molar-refractivity contribution in [2.24, 2.45) is 0 Å². The first-order valence-corrected chi connectivity index (χ1v) is 11.5. The third-order valence-corrected chi connectivity index (χ3v) is 7.29. The van der Waals surface area contributed by atoms with Crippen molar-refractivity contribution in [3.8, 4) is 5.75 Å². The SMILES string of the molecule is COC(=O)Cc1coc2cc(O[C@@H]3CCc4c(B5OC(C)(C)C(C)(C)O5)ccc(F)c43)ccc12. The van der Waals surface area contributed by atoms with E-state index in [-0.39, 0.29) is 18.2 Å². The number of esters is 1. The van der Waals surface area contributed by atoms with Gasteiger partial charge in [-0.15, -0.1) is 0 Å². The minimum Gasteiger partial charge on any atom is -0.485 e. The third-order valence-electron chi connectivity index (χ3n) is 7.29. The standard InChI is InChI=1S/C26H28BFO6/c1-25(2)26(3,4)34-27(33-25)19-9-10-20(28)24-18(19)8-11-21(24)32-16-6-7-17-15(12-23(29)30-5)14-31-22(17)13-16/h6-7,9-10,13-14,21H,8,11-12H2,1-5H3/t21-/m1/s1. The molecule has 0 spiro atoms. The number of benzene rings is 2. The van der Waals surface area contributed by atoms with E-state index in [1.807, 2.05) is 39.8 Å². The number of fused-ring (bicyclic) bond motifs is 2. The highest BCUT2D eigenvalue weighted by atomic mass is 19.1. The van der Waals surface area contributed by atoms with Gasteiger partial charge in [-0.2, -0.15) is 0 Å². The first-order chi connectivity index (χ1) is 16.1. The van der Waals surface area contributed by atoms with Gasteiger partial charge in [0.25, 0.3) is 0 Å². The Labute approximate surface area is 198 Å². The van der Waals surface area contributed by atoms with Crippen molar-refractivity contribution in [3.05, 3.63) is 59.1 Å². The number of hydrogen-bond acceptors (Lipinski definition) is 6. The van der Waals surface area contributed by atoms with Crippen LogP contribution in [0.25, 0.3) is 11.0 Å². The molecule has 0 N–H and O–H groups in total. The van der Waals surface area contributed by atoms with Crippen molar-refractivity contribution < 1.29 is 32.4 Å². The van der Waals surface area contributed by atoms with E-state index in [1.54, 1.807) is 18.4 Å². The Kier molecular flexibility index (Phi) is 5.49. The first-order valence-electron chi connectivity index (χ1n) is 11.5. The zero-order valence-electron chi connectivity index (χ0n) is 20.1. The largest absolute Gasteiger partial charge is 0.495 e. The number of ether oxygens (including phenoxy) is 2. The predicted molar refractivity (Wildman–Crippen MR) is 126 cm³/mol. The molecule has 1 fully saturated rings. The van der Waals surface area contributed by atoms with Gasteiger partial charge in [0.1, 0.15) is 23.3 Å². The van der Waals surface area contributed by atoms with Gasteiger partial charge in [0.05, 0.1) is 31.0 Å². The summed E-state index contributed by atoms with van der Waals surface area (Å²) < 4.78 is 44.0. The number of methoxy groups -OCH3 is 1. The highest BCUT2D eigenvalue weighted by Crippen LogP contribution is 2.40. The second-order valence-corrected chi connectivity index (χ2v) is 9.93. The summed E-state index contributed by atoms with van der Waals surface area (Å²) in [6.07, 6.45) is 2.56. The number of carbonyl (C=O) groups excluding carboxylic acids is 1. The lowest BCUT2D eigenvalue weighted by atomic mass is 9.75. The second-order valence-electron chi connectivity index (χ2n) is 9.93. The third kappa shape index (κ3) is 3.79. The van der Waals surface area contributed by atoms with E-state index in [0.717, 1.165) is 22.0 Å². The van der Waals surface area contributed by atoms with Crippen molar-refractivity contribution in [2.75, 3.05) is 7.11 Å². The van der Waals surface area contributed by atoms with E-state index in [0.29, 0.717) is 29.7 Å². The molecule has 2 heterocycles. The van der Waals surface area contributed by atoms with Crippen molar-refractivity contribution in [1.82, 2.24) is 0 Å². The maximum Gasteiger partial charge on any atom is 0.495 e. The van der Waals surface area contributed by atoms with Gasteiger partial charge in [0.15, 0.2) is 0 Å². The van der Waals surface area contributed by atoms with Crippen LogP contribution in [0.5, 0.6) is 5.75 Å². The molecule has 34 heavy (non-hydrogen) atoms. The van der Waals surface area contributed by atoms with Crippen LogP contribution in [0.1, 0.15) is 56.9 Å². The molecule has 1 atom stereocenters. The summed E-state index contributed by atoms with van der Waals surface area (Å²) in [4.78, 5) is 11.6. The summed E-state index contributed by atoms with van der Waals surface area (Å²) in [6.45, 7) is 8.02. The minimum atomic E-state index is -0.550. The molecule has 1 aliphatic heterocycles. The highest BCUT2D eigenvalue weighted by Gasteiger charge is 2.52. The topological polar surface area (TPSA) is 67.1 Å². The van der Waals surface area contributed by atoms with Crippen molar-refractivity contribution in [2.45, 2.75) is 64.3 Å². The fourth-order valence-corrected chi connectivity index (χ4v) is 4.67. The van der Waals surface area contributed by atoms with Crippen LogP contribution in [0.15, 0.2) is 41.0 Å². The predicted octanol–water partition coefficient (Wildman–Crippen LogP) is 4.65. The summed E-state index contributed by atoms with van der Waals surface area (Å²) in [5, 5.41) is 0.818. The summed E-state index contributed by atoms with van der Waals surface area (Å²) in [5.74, 6) is -0.0548. The summed E-state index contributed by atoms with van der Waals surface area (Å²) in [7, 11) is 0.804. The molecule has 2 aromatic carbocycles. The van der Waals surface area contributed by atoms with Crippen LogP contribution < -0.4 is 10.2 Å². The molecule has 0 bridgehead atoms. The zero-order chi connectivity index (χ0) is 24.3. The number of rotatable bonds is 5. The fraction of sp³-hybridized carbons (Fsp3) is 0.423. The maximum absolute atomic E-state index is 15.0. The lowest BCUT2D eigenvalue weighted by Gasteiger charge is -2.32. The van der Waals surface area contributed by atoms with Crippen LogP contribution in [0.4, 0.5) is 4.39 Å². The van der Waals surface area contributed by atoms with Gasteiger partial charge < -0.3 is 23.2 Å². The Hall–Kier alpha value is -2.84. The molecule has 1 aliphatic carbocycles. The van der Waals surface area contributed by atoms with Crippen LogP contribution in [0, 0.1) is 5.82 Å². The molecule has 0 amide bonds. The first kappa shape index (κ1) is 22.9. The van der Waals surface area contributed by atoms with Crippen LogP contribution >= 0.6 is 0 Å². The van der Waals surface area contributed by atoms with E-state index in [9.17, 15) is 4.79 Å². The molecule has 1 aromatic heterocycles. The van der Waals surface area contributed by atoms with Crippen LogP contribution in [0.3, 0.4) is 0 Å². The molecule has 2 aliphatic rings. The molecule has 3 aromatic rings. The minimum absolute atomic E-state index is 0.132. The normalized spacial score (nSPS) is 20.5. The lowest BCUT2D eigenvalue weighted by Crippen LogP contribution is -2.41. The van der Waals surface area contributed by atoms with Crippen LogP contribution in [0.2, 0.25) is 0 Å². The molecule has 178 valence electrons. The van der Waals surface area contributed by atoms with Gasteiger partial charge >= 0.3 is 13.1 Å². The Balaban J connectivity index is 1.41. The smallest absolute Gasteiger partial charge is 0.485 e. The molecule has 0 unspecified atom stereocenters. The molecule has 1 saturated heterocycles.